The molecule has 5 heteroatoms. The number of aliphatic carboxylic acids is 1. The molecule has 1 aromatic rings. The van der Waals surface area contributed by atoms with Crippen molar-refractivity contribution in [1.82, 2.24) is 4.90 Å². The lowest BCUT2D eigenvalue weighted by Gasteiger charge is -2.30. The summed E-state index contributed by atoms with van der Waals surface area (Å²) in [6.45, 7) is 6.15. The van der Waals surface area contributed by atoms with Gasteiger partial charge in [0.25, 0.3) is 0 Å². The number of hydrogen-bond acceptors (Lipinski definition) is 3. The second kappa shape index (κ2) is 5.80. The molecule has 0 spiro atoms. The van der Waals surface area contributed by atoms with Gasteiger partial charge in [-0.3, -0.25) is 9.69 Å². The molecule has 0 saturated heterocycles. The summed E-state index contributed by atoms with van der Waals surface area (Å²) in [5.41, 5.74) is 0. The van der Waals surface area contributed by atoms with Crippen LogP contribution in [-0.4, -0.2) is 28.6 Å². The van der Waals surface area contributed by atoms with Crippen LogP contribution in [0.3, 0.4) is 0 Å². The van der Waals surface area contributed by atoms with Gasteiger partial charge in [0, 0.05) is 26.8 Å². The third-order valence-corrected chi connectivity index (χ3v) is 4.34. The summed E-state index contributed by atoms with van der Waals surface area (Å²) in [6.07, 6.45) is 0. The SMILES string of the molecule is CC(C)N(CC(=O)O)C(C)c1cc(Br)cs1. The van der Waals surface area contributed by atoms with Gasteiger partial charge in [-0.25, -0.2) is 0 Å². The van der Waals surface area contributed by atoms with E-state index in [0.29, 0.717) is 0 Å². The molecular weight excluding hydrogens is 290 g/mol. The maximum atomic E-state index is 10.8. The van der Waals surface area contributed by atoms with Gasteiger partial charge < -0.3 is 5.11 Å². The van der Waals surface area contributed by atoms with Gasteiger partial charge in [-0.1, -0.05) is 0 Å². The van der Waals surface area contributed by atoms with E-state index in [-0.39, 0.29) is 18.6 Å². The predicted molar refractivity (Wildman–Crippen MR) is 69.9 cm³/mol. The van der Waals surface area contributed by atoms with Gasteiger partial charge in [-0.15, -0.1) is 11.3 Å². The van der Waals surface area contributed by atoms with Crippen LogP contribution in [0.15, 0.2) is 15.9 Å². The van der Waals surface area contributed by atoms with Crippen LogP contribution in [0.1, 0.15) is 31.7 Å². The largest absolute Gasteiger partial charge is 0.480 e. The van der Waals surface area contributed by atoms with Crippen molar-refractivity contribution in [3.05, 3.63) is 20.8 Å². The average Bonchev–Trinajstić information content (AvgIpc) is 2.59. The first-order chi connectivity index (χ1) is 7.41. The normalized spacial score (nSPS) is 13.4. The van der Waals surface area contributed by atoms with Crippen molar-refractivity contribution in [2.75, 3.05) is 6.54 Å². The van der Waals surface area contributed by atoms with Crippen LogP contribution >= 0.6 is 27.3 Å². The summed E-state index contributed by atoms with van der Waals surface area (Å²) in [7, 11) is 0. The Balaban J connectivity index is 2.82. The highest BCUT2D eigenvalue weighted by Crippen LogP contribution is 2.30. The van der Waals surface area contributed by atoms with Crippen LogP contribution in [0.25, 0.3) is 0 Å². The van der Waals surface area contributed by atoms with Crippen LogP contribution in [0.4, 0.5) is 0 Å². The van der Waals surface area contributed by atoms with E-state index >= 15 is 0 Å². The number of halogens is 1. The van der Waals surface area contributed by atoms with Gasteiger partial charge in [-0.2, -0.15) is 0 Å². The molecule has 1 N–H and O–H groups in total. The van der Waals surface area contributed by atoms with Crippen LogP contribution in [0, 0.1) is 0 Å². The monoisotopic (exact) mass is 305 g/mol. The van der Waals surface area contributed by atoms with Gasteiger partial charge in [-0.05, 0) is 42.8 Å². The van der Waals surface area contributed by atoms with Crippen molar-refractivity contribution >= 4 is 33.2 Å². The standard InChI is InChI=1S/C11H16BrNO2S/c1-7(2)13(5-11(14)15)8(3)10-4-9(12)6-16-10/h4,6-8H,5H2,1-3H3,(H,14,15). The zero-order valence-electron chi connectivity index (χ0n) is 9.61. The van der Waals surface area contributed by atoms with Crippen molar-refractivity contribution in [1.29, 1.82) is 0 Å². The first-order valence-corrected chi connectivity index (χ1v) is 6.80. The average molecular weight is 306 g/mol. The molecule has 0 aliphatic rings. The topological polar surface area (TPSA) is 40.5 Å². The second-order valence-electron chi connectivity index (χ2n) is 4.00. The molecule has 16 heavy (non-hydrogen) atoms. The summed E-state index contributed by atoms with van der Waals surface area (Å²) in [5, 5.41) is 10.9. The lowest BCUT2D eigenvalue weighted by Crippen LogP contribution is -2.37. The fourth-order valence-electron chi connectivity index (χ4n) is 1.63. The maximum absolute atomic E-state index is 10.8. The summed E-state index contributed by atoms with van der Waals surface area (Å²) in [6, 6.07) is 2.39. The van der Waals surface area contributed by atoms with E-state index in [1.807, 2.05) is 37.1 Å². The van der Waals surface area contributed by atoms with Crippen LogP contribution in [0.2, 0.25) is 0 Å². The Morgan fingerprint density at radius 2 is 2.19 bits per heavy atom. The highest BCUT2D eigenvalue weighted by Gasteiger charge is 2.22. The van der Waals surface area contributed by atoms with Crippen LogP contribution < -0.4 is 0 Å². The first kappa shape index (κ1) is 13.7. The van der Waals surface area contributed by atoms with E-state index in [4.69, 9.17) is 5.11 Å². The Hall–Kier alpha value is -0.390. The summed E-state index contributed by atoms with van der Waals surface area (Å²) in [4.78, 5) is 14.0. The van der Waals surface area contributed by atoms with Crippen molar-refractivity contribution in [3.63, 3.8) is 0 Å². The lowest BCUT2D eigenvalue weighted by molar-refractivity contribution is -0.139. The number of nitrogens with zero attached hydrogens (tertiary/aromatic N) is 1. The molecule has 0 aliphatic heterocycles. The van der Waals surface area contributed by atoms with Crippen molar-refractivity contribution in [2.24, 2.45) is 0 Å². The lowest BCUT2D eigenvalue weighted by atomic mass is 10.2. The highest BCUT2D eigenvalue weighted by atomic mass is 79.9. The van der Waals surface area contributed by atoms with Gasteiger partial charge in [0.05, 0.1) is 6.54 Å². The number of rotatable bonds is 5. The zero-order valence-corrected chi connectivity index (χ0v) is 12.0. The number of carbonyl (C=O) groups is 1. The molecule has 0 aliphatic carbocycles. The first-order valence-electron chi connectivity index (χ1n) is 5.13. The molecule has 1 rings (SSSR count). The van der Waals surface area contributed by atoms with E-state index in [2.05, 4.69) is 15.9 Å². The minimum atomic E-state index is -0.781. The molecule has 0 amide bonds. The molecule has 0 aromatic carbocycles. The zero-order chi connectivity index (χ0) is 12.3. The molecule has 1 unspecified atom stereocenters. The minimum Gasteiger partial charge on any atom is -0.480 e. The summed E-state index contributed by atoms with van der Waals surface area (Å²) >= 11 is 5.06. The van der Waals surface area contributed by atoms with Gasteiger partial charge in [0.1, 0.15) is 0 Å². The van der Waals surface area contributed by atoms with E-state index in [0.717, 1.165) is 4.47 Å². The van der Waals surface area contributed by atoms with Gasteiger partial charge in [0.15, 0.2) is 0 Å². The molecule has 3 nitrogen and oxygen atoms in total. The predicted octanol–water partition coefficient (Wildman–Crippen LogP) is 3.37. The molecule has 1 heterocycles. The molecule has 0 fully saturated rings. The second-order valence-corrected chi connectivity index (χ2v) is 5.86. The van der Waals surface area contributed by atoms with E-state index in [9.17, 15) is 4.79 Å². The number of thiophene rings is 1. The van der Waals surface area contributed by atoms with Gasteiger partial charge >= 0.3 is 5.97 Å². The van der Waals surface area contributed by atoms with E-state index < -0.39 is 5.97 Å². The Labute approximate surface area is 108 Å². The molecule has 90 valence electrons. The molecule has 0 radical (unpaired) electrons. The fourth-order valence-corrected chi connectivity index (χ4v) is 3.16. The smallest absolute Gasteiger partial charge is 0.317 e. The maximum Gasteiger partial charge on any atom is 0.317 e. The summed E-state index contributed by atoms with van der Waals surface area (Å²) in [5.74, 6) is -0.781. The Bertz CT molecular complexity index is 365. The van der Waals surface area contributed by atoms with Crippen LogP contribution in [0.5, 0.6) is 0 Å². The minimum absolute atomic E-state index is 0.0777. The Morgan fingerprint density at radius 1 is 1.56 bits per heavy atom. The Morgan fingerprint density at radius 3 is 2.56 bits per heavy atom. The van der Waals surface area contributed by atoms with Crippen molar-refractivity contribution in [2.45, 2.75) is 32.9 Å². The van der Waals surface area contributed by atoms with Crippen molar-refractivity contribution in [3.8, 4) is 0 Å². The van der Waals surface area contributed by atoms with Crippen LogP contribution in [-0.2, 0) is 4.79 Å². The quantitative estimate of drug-likeness (QED) is 0.907. The number of carboxylic acid groups (broad SMARTS) is 1. The molecule has 1 atom stereocenters. The van der Waals surface area contributed by atoms with E-state index in [1.165, 1.54) is 4.88 Å². The molecule has 1 aromatic heterocycles. The molecule has 0 bridgehead atoms. The third-order valence-electron chi connectivity index (χ3n) is 2.48. The molecular formula is C11H16BrNO2S. The molecule has 0 saturated carbocycles. The van der Waals surface area contributed by atoms with Crippen molar-refractivity contribution < 1.29 is 9.90 Å². The number of carboxylic acids is 1. The highest BCUT2D eigenvalue weighted by molar-refractivity contribution is 9.10. The van der Waals surface area contributed by atoms with E-state index in [1.54, 1.807) is 11.3 Å². The number of hydrogen-bond donors (Lipinski definition) is 1. The Kier molecular flexibility index (Phi) is 4.95. The summed E-state index contributed by atoms with van der Waals surface area (Å²) < 4.78 is 1.05. The van der Waals surface area contributed by atoms with Gasteiger partial charge in [0.2, 0.25) is 0 Å². The fraction of sp³-hybridized carbons (Fsp3) is 0.545. The third kappa shape index (κ3) is 3.57.